The highest BCUT2D eigenvalue weighted by atomic mass is 32.2. The highest BCUT2D eigenvalue weighted by Crippen LogP contribution is 2.25. The molecule has 0 fully saturated rings. The summed E-state index contributed by atoms with van der Waals surface area (Å²) >= 11 is 0. The van der Waals surface area contributed by atoms with Gasteiger partial charge in [-0.05, 0) is 7.05 Å². The number of nitrogens with zero attached hydrogens (tertiary/aromatic N) is 1. The topological polar surface area (TPSA) is 118 Å². The average Bonchev–Trinajstić information content (AvgIpc) is 2.44. The fraction of sp³-hybridized carbons (Fsp3) is 0.300. The Morgan fingerprint density at radius 1 is 1.27 bits per heavy atom. The maximum atomic E-state index is 13.5. The van der Waals surface area contributed by atoms with Gasteiger partial charge in [0.15, 0.2) is 5.82 Å². The Kier molecular flexibility index (Phi) is 5.43. The summed E-state index contributed by atoms with van der Waals surface area (Å²) in [7, 11) is -2.51. The summed E-state index contributed by atoms with van der Waals surface area (Å²) in [5.41, 5.74) is -2.51. The predicted molar refractivity (Wildman–Crippen MR) is 68.2 cm³/mol. The van der Waals surface area contributed by atoms with E-state index in [0.717, 1.165) is 7.05 Å². The van der Waals surface area contributed by atoms with Gasteiger partial charge >= 0.3 is 5.69 Å². The van der Waals surface area contributed by atoms with Crippen molar-refractivity contribution in [1.29, 1.82) is 0 Å². The normalized spacial score (nSPS) is 11.3. The molecule has 0 aromatic heterocycles. The molecular formula is C10H10F3N3O5S. The quantitative estimate of drug-likeness (QED) is 0.438. The summed E-state index contributed by atoms with van der Waals surface area (Å²) in [6.45, 7) is -0.464. The van der Waals surface area contributed by atoms with E-state index in [4.69, 9.17) is 0 Å². The van der Waals surface area contributed by atoms with Gasteiger partial charge in [0, 0.05) is 12.6 Å². The van der Waals surface area contributed by atoms with Gasteiger partial charge in [0.05, 0.1) is 16.2 Å². The molecule has 1 rings (SSSR count). The molecule has 0 aliphatic rings. The molecule has 1 aromatic rings. The lowest BCUT2D eigenvalue weighted by atomic mass is 10.1. The van der Waals surface area contributed by atoms with E-state index >= 15 is 0 Å². The van der Waals surface area contributed by atoms with Crippen molar-refractivity contribution in [3.8, 4) is 0 Å². The van der Waals surface area contributed by atoms with Gasteiger partial charge < -0.3 is 5.32 Å². The van der Waals surface area contributed by atoms with Crippen LogP contribution in [0.15, 0.2) is 6.07 Å². The van der Waals surface area contributed by atoms with E-state index in [0.29, 0.717) is 0 Å². The summed E-state index contributed by atoms with van der Waals surface area (Å²) in [5.74, 6) is -7.97. The second-order valence-corrected chi connectivity index (χ2v) is 5.97. The Labute approximate surface area is 122 Å². The molecular weight excluding hydrogens is 331 g/mol. The van der Waals surface area contributed by atoms with E-state index in [2.05, 4.69) is 0 Å². The van der Waals surface area contributed by atoms with Gasteiger partial charge in [-0.25, -0.2) is 21.9 Å². The van der Waals surface area contributed by atoms with Crippen molar-refractivity contribution < 1.29 is 31.3 Å². The summed E-state index contributed by atoms with van der Waals surface area (Å²) in [6.07, 6.45) is 0. The zero-order chi connectivity index (χ0) is 17.1. The molecule has 1 amide bonds. The molecule has 0 aliphatic heterocycles. The van der Waals surface area contributed by atoms with Crippen LogP contribution in [0.2, 0.25) is 0 Å². The van der Waals surface area contributed by atoms with Crippen LogP contribution in [0, 0.1) is 27.6 Å². The molecule has 0 spiro atoms. The number of carbonyl (C=O) groups excluding carboxylic acids is 1. The van der Waals surface area contributed by atoms with Crippen LogP contribution in [0.1, 0.15) is 10.4 Å². The van der Waals surface area contributed by atoms with Crippen LogP contribution in [0.4, 0.5) is 18.9 Å². The fourth-order valence-electron chi connectivity index (χ4n) is 1.38. The fourth-order valence-corrected chi connectivity index (χ4v) is 1.96. The SMILES string of the molecule is CNS(=O)(=O)CCNC(=O)c1cc([N+](=O)[O-])c(F)c(F)c1F. The van der Waals surface area contributed by atoms with E-state index in [-0.39, 0.29) is 6.07 Å². The lowest BCUT2D eigenvalue weighted by molar-refractivity contribution is -0.387. The van der Waals surface area contributed by atoms with Crippen molar-refractivity contribution in [2.45, 2.75) is 0 Å². The number of amides is 1. The second-order valence-electron chi connectivity index (χ2n) is 3.92. The summed E-state index contributed by atoms with van der Waals surface area (Å²) < 4.78 is 63.9. The van der Waals surface area contributed by atoms with Crippen LogP contribution in [0.25, 0.3) is 0 Å². The number of benzene rings is 1. The monoisotopic (exact) mass is 341 g/mol. The van der Waals surface area contributed by atoms with Gasteiger partial charge in [-0.1, -0.05) is 0 Å². The van der Waals surface area contributed by atoms with Gasteiger partial charge in [-0.2, -0.15) is 4.39 Å². The largest absolute Gasteiger partial charge is 0.351 e. The number of sulfonamides is 1. The van der Waals surface area contributed by atoms with Crippen LogP contribution in [0.3, 0.4) is 0 Å². The van der Waals surface area contributed by atoms with Crippen LogP contribution in [-0.4, -0.2) is 38.6 Å². The molecule has 122 valence electrons. The lowest BCUT2D eigenvalue weighted by Crippen LogP contribution is -2.33. The first-order chi connectivity index (χ1) is 10.1. The number of hydrogen-bond acceptors (Lipinski definition) is 5. The molecule has 2 N–H and O–H groups in total. The van der Waals surface area contributed by atoms with Gasteiger partial charge in [-0.3, -0.25) is 14.9 Å². The summed E-state index contributed by atoms with van der Waals surface area (Å²) in [4.78, 5) is 20.8. The minimum Gasteiger partial charge on any atom is -0.351 e. The van der Waals surface area contributed by atoms with Crippen molar-refractivity contribution >= 4 is 21.6 Å². The molecule has 8 nitrogen and oxygen atoms in total. The standard InChI is InChI=1S/C10H10F3N3O5S/c1-14-22(20,21)3-2-15-10(17)5-4-6(16(18)19)8(12)9(13)7(5)11/h4,14H,2-3H2,1H3,(H,15,17). The van der Waals surface area contributed by atoms with Crippen LogP contribution in [0.5, 0.6) is 0 Å². The van der Waals surface area contributed by atoms with Gasteiger partial charge in [0.2, 0.25) is 21.7 Å². The molecule has 22 heavy (non-hydrogen) atoms. The number of nitro groups is 1. The molecule has 1 aromatic carbocycles. The Morgan fingerprint density at radius 2 is 1.86 bits per heavy atom. The number of rotatable bonds is 6. The van der Waals surface area contributed by atoms with Crippen molar-refractivity contribution in [3.05, 3.63) is 39.2 Å². The predicted octanol–water partition coefficient (Wildman–Crippen LogP) is 0.291. The third-order valence-corrected chi connectivity index (χ3v) is 3.90. The van der Waals surface area contributed by atoms with E-state index in [1.807, 2.05) is 10.0 Å². The van der Waals surface area contributed by atoms with Crippen LogP contribution < -0.4 is 10.0 Å². The van der Waals surface area contributed by atoms with E-state index < -0.39 is 61.9 Å². The van der Waals surface area contributed by atoms with Gasteiger partial charge in [0.1, 0.15) is 0 Å². The van der Waals surface area contributed by atoms with Crippen molar-refractivity contribution in [3.63, 3.8) is 0 Å². The minimum atomic E-state index is -3.64. The number of carbonyl (C=O) groups is 1. The molecule has 0 radical (unpaired) electrons. The highest BCUT2D eigenvalue weighted by molar-refractivity contribution is 7.89. The number of hydrogen-bond donors (Lipinski definition) is 2. The van der Waals surface area contributed by atoms with Crippen LogP contribution in [-0.2, 0) is 10.0 Å². The summed E-state index contributed by atoms with van der Waals surface area (Å²) in [6, 6.07) is 0.232. The first-order valence-electron chi connectivity index (χ1n) is 5.62. The summed E-state index contributed by atoms with van der Waals surface area (Å²) in [5, 5.41) is 12.4. The number of nitrogens with one attached hydrogen (secondary N) is 2. The van der Waals surface area contributed by atoms with Crippen LogP contribution >= 0.6 is 0 Å². The Bertz CT molecular complexity index is 723. The zero-order valence-corrected chi connectivity index (χ0v) is 11.8. The second kappa shape index (κ2) is 6.70. The maximum Gasteiger partial charge on any atom is 0.308 e. The minimum absolute atomic E-state index is 0.232. The van der Waals surface area contributed by atoms with Crippen molar-refractivity contribution in [2.24, 2.45) is 0 Å². The maximum absolute atomic E-state index is 13.5. The van der Waals surface area contributed by atoms with Crippen molar-refractivity contribution in [2.75, 3.05) is 19.3 Å². The van der Waals surface area contributed by atoms with Gasteiger partial charge in [-0.15, -0.1) is 0 Å². The third-order valence-electron chi connectivity index (χ3n) is 2.54. The molecule has 0 saturated carbocycles. The smallest absolute Gasteiger partial charge is 0.308 e. The molecule has 0 aliphatic carbocycles. The molecule has 0 saturated heterocycles. The lowest BCUT2D eigenvalue weighted by Gasteiger charge is -2.07. The van der Waals surface area contributed by atoms with E-state index in [1.54, 1.807) is 0 Å². The molecule has 0 unspecified atom stereocenters. The average molecular weight is 341 g/mol. The molecule has 0 heterocycles. The zero-order valence-electron chi connectivity index (χ0n) is 11.0. The molecule has 0 atom stereocenters. The first-order valence-corrected chi connectivity index (χ1v) is 7.27. The molecule has 12 heteroatoms. The highest BCUT2D eigenvalue weighted by Gasteiger charge is 2.28. The third kappa shape index (κ3) is 3.92. The Morgan fingerprint density at radius 3 is 2.36 bits per heavy atom. The van der Waals surface area contributed by atoms with Gasteiger partial charge in [0.25, 0.3) is 5.91 Å². The molecule has 0 bridgehead atoms. The van der Waals surface area contributed by atoms with Crippen molar-refractivity contribution in [1.82, 2.24) is 10.0 Å². The number of nitro benzene ring substituents is 1. The van der Waals surface area contributed by atoms with E-state index in [9.17, 15) is 36.5 Å². The Balaban J connectivity index is 3.01. The first kappa shape index (κ1) is 17.8. The van der Waals surface area contributed by atoms with E-state index in [1.165, 1.54) is 0 Å². The Hall–Kier alpha value is -2.21. The number of halogens is 3.